The van der Waals surface area contributed by atoms with Crippen molar-refractivity contribution in [3.05, 3.63) is 170 Å². The zero-order valence-corrected chi connectivity index (χ0v) is 24.0. The Kier molecular flexibility index (Phi) is 4.30. The summed E-state index contributed by atoms with van der Waals surface area (Å²) in [5, 5.41) is 2.10. The molecule has 0 saturated carbocycles. The normalized spacial score (nSPS) is 14.0. The van der Waals surface area contributed by atoms with Crippen molar-refractivity contribution in [2.45, 2.75) is 0 Å². The lowest BCUT2D eigenvalue weighted by atomic mass is 9.83. The molecule has 9 rings (SSSR count). The van der Waals surface area contributed by atoms with Gasteiger partial charge < -0.3 is 4.42 Å². The van der Waals surface area contributed by atoms with Crippen LogP contribution in [0.25, 0.3) is 88.0 Å². The Hall–Kier alpha value is -5.92. The van der Waals surface area contributed by atoms with E-state index in [-0.39, 0.29) is 51.3 Å². The molecule has 9 aromatic rings. The Bertz CT molecular complexity index is 2830. The van der Waals surface area contributed by atoms with E-state index < -0.39 is 24.2 Å². The summed E-state index contributed by atoms with van der Waals surface area (Å²) in [6, 6.07) is 35.5. The third-order valence-corrected chi connectivity index (χ3v) is 8.48. The van der Waals surface area contributed by atoms with Crippen LogP contribution in [0, 0.1) is 0 Å². The molecule has 0 N–H and O–H groups in total. The van der Waals surface area contributed by atoms with Gasteiger partial charge in [-0.05, 0) is 96.4 Å². The molecule has 1 heterocycles. The van der Waals surface area contributed by atoms with Gasteiger partial charge in [-0.3, -0.25) is 0 Å². The summed E-state index contributed by atoms with van der Waals surface area (Å²) in [6.45, 7) is 0. The van der Waals surface area contributed by atoms with E-state index in [1.165, 1.54) is 0 Å². The van der Waals surface area contributed by atoms with E-state index >= 15 is 0 Å². The van der Waals surface area contributed by atoms with Gasteiger partial charge in [0.05, 0.1) is 11.0 Å². The highest BCUT2D eigenvalue weighted by atomic mass is 16.3. The Morgan fingerprint density at radius 1 is 0.378 bits per heavy atom. The monoisotopic (exact) mass is 580 g/mol. The molecule has 210 valence electrons. The topological polar surface area (TPSA) is 13.1 Å². The smallest absolute Gasteiger partial charge is 0.136 e. The molecule has 0 aliphatic carbocycles. The minimum absolute atomic E-state index is 0.160. The lowest BCUT2D eigenvalue weighted by Gasteiger charge is -2.19. The standard InChI is InChI=1S/C44H28O/c1-3-14-29(15-4-1)31-26-32(30-16-5-2-6-17-30)28-33(27-31)42-34-18-7-9-20-36(34)43(37-21-10-8-19-35(37)42)39-23-13-25-41-44(39)38-22-11-12-24-40(38)45-41/h1-28H/i7D,8D,9D,10D,18D,19D,20D,21D. The van der Waals surface area contributed by atoms with E-state index in [0.29, 0.717) is 33.2 Å². The number of fused-ring (bicyclic) bond motifs is 5. The van der Waals surface area contributed by atoms with Gasteiger partial charge in [-0.25, -0.2) is 0 Å². The lowest BCUT2D eigenvalue weighted by Crippen LogP contribution is -1.92. The minimum atomic E-state index is -0.442. The third kappa shape index (κ3) is 4.17. The minimum Gasteiger partial charge on any atom is -0.456 e. The van der Waals surface area contributed by atoms with Crippen LogP contribution in [0.3, 0.4) is 0 Å². The average Bonchev–Trinajstić information content (AvgIpc) is 3.59. The van der Waals surface area contributed by atoms with Gasteiger partial charge in [0.25, 0.3) is 0 Å². The van der Waals surface area contributed by atoms with Crippen molar-refractivity contribution in [2.24, 2.45) is 0 Å². The zero-order valence-electron chi connectivity index (χ0n) is 32.0. The maximum Gasteiger partial charge on any atom is 0.136 e. The quantitative estimate of drug-likeness (QED) is 0.189. The van der Waals surface area contributed by atoms with E-state index in [0.717, 1.165) is 27.6 Å². The van der Waals surface area contributed by atoms with E-state index in [1.807, 2.05) is 109 Å². The molecule has 0 amide bonds. The molecule has 0 aliphatic rings. The number of benzene rings is 8. The van der Waals surface area contributed by atoms with Crippen molar-refractivity contribution in [1.29, 1.82) is 0 Å². The van der Waals surface area contributed by atoms with Crippen LogP contribution in [0.15, 0.2) is 174 Å². The van der Waals surface area contributed by atoms with Crippen LogP contribution in [0.5, 0.6) is 0 Å². The summed E-state index contributed by atoms with van der Waals surface area (Å²) < 4.78 is 79.6. The molecule has 0 unspecified atom stereocenters. The van der Waals surface area contributed by atoms with Crippen molar-refractivity contribution in [2.75, 3.05) is 0 Å². The first-order valence-corrected chi connectivity index (χ1v) is 14.8. The van der Waals surface area contributed by atoms with Gasteiger partial charge in [-0.2, -0.15) is 0 Å². The van der Waals surface area contributed by atoms with Gasteiger partial charge in [-0.1, -0.05) is 139 Å². The van der Waals surface area contributed by atoms with Crippen molar-refractivity contribution in [3.63, 3.8) is 0 Å². The summed E-state index contributed by atoms with van der Waals surface area (Å²) in [4.78, 5) is 0. The molecule has 0 fully saturated rings. The molecule has 8 aromatic carbocycles. The van der Waals surface area contributed by atoms with E-state index in [1.54, 1.807) is 6.07 Å². The van der Waals surface area contributed by atoms with Crippen LogP contribution in [0.2, 0.25) is 0 Å². The lowest BCUT2D eigenvalue weighted by molar-refractivity contribution is 0.669. The molecule has 45 heavy (non-hydrogen) atoms. The number of hydrogen-bond acceptors (Lipinski definition) is 1. The van der Waals surface area contributed by atoms with E-state index in [4.69, 9.17) is 9.90 Å². The highest BCUT2D eigenvalue weighted by Crippen LogP contribution is 2.47. The maximum absolute atomic E-state index is 9.47. The third-order valence-electron chi connectivity index (χ3n) is 8.48. The average molecular weight is 581 g/mol. The van der Waals surface area contributed by atoms with Crippen LogP contribution in [-0.2, 0) is 0 Å². The number of hydrogen-bond donors (Lipinski definition) is 0. The second-order valence-electron chi connectivity index (χ2n) is 11.1. The molecular weight excluding hydrogens is 544 g/mol. The van der Waals surface area contributed by atoms with Gasteiger partial charge in [0, 0.05) is 10.8 Å². The van der Waals surface area contributed by atoms with E-state index in [2.05, 4.69) is 6.07 Å². The number of rotatable bonds is 4. The first-order chi connectivity index (χ1) is 25.7. The number of para-hydroxylation sites is 1. The zero-order chi connectivity index (χ0) is 36.7. The molecule has 0 saturated heterocycles. The summed E-state index contributed by atoms with van der Waals surface area (Å²) in [5.74, 6) is 0. The van der Waals surface area contributed by atoms with Crippen LogP contribution >= 0.6 is 0 Å². The van der Waals surface area contributed by atoms with Crippen molar-refractivity contribution in [1.82, 2.24) is 0 Å². The highest BCUT2D eigenvalue weighted by Gasteiger charge is 2.20. The van der Waals surface area contributed by atoms with Crippen molar-refractivity contribution >= 4 is 43.5 Å². The molecule has 0 radical (unpaired) electrons. The second kappa shape index (κ2) is 10.4. The van der Waals surface area contributed by atoms with Crippen LogP contribution in [-0.4, -0.2) is 0 Å². The highest BCUT2D eigenvalue weighted by molar-refractivity contribution is 6.25. The van der Waals surface area contributed by atoms with Gasteiger partial charge in [0.15, 0.2) is 0 Å². The molecule has 1 nitrogen and oxygen atoms in total. The summed E-state index contributed by atoms with van der Waals surface area (Å²) in [6.07, 6.45) is 0. The van der Waals surface area contributed by atoms with Gasteiger partial charge in [-0.15, -0.1) is 0 Å². The maximum atomic E-state index is 9.47. The van der Waals surface area contributed by atoms with Crippen molar-refractivity contribution < 1.29 is 15.4 Å². The van der Waals surface area contributed by atoms with Crippen LogP contribution in [0.1, 0.15) is 11.0 Å². The fraction of sp³-hybridized carbons (Fsp3) is 0. The second-order valence-corrected chi connectivity index (χ2v) is 11.1. The molecule has 0 atom stereocenters. The summed E-state index contributed by atoms with van der Waals surface area (Å²) in [5.41, 5.74) is 6.34. The predicted octanol–water partition coefficient (Wildman–Crippen LogP) is 12.6. The van der Waals surface area contributed by atoms with Gasteiger partial charge in [0.2, 0.25) is 0 Å². The van der Waals surface area contributed by atoms with Crippen LogP contribution < -0.4 is 0 Å². The molecule has 1 heteroatoms. The Balaban J connectivity index is 1.56. The Morgan fingerprint density at radius 3 is 1.47 bits per heavy atom. The molecule has 0 spiro atoms. The molecular formula is C44H28O. The van der Waals surface area contributed by atoms with Crippen molar-refractivity contribution in [3.8, 4) is 44.5 Å². The van der Waals surface area contributed by atoms with Gasteiger partial charge >= 0.3 is 0 Å². The first-order valence-electron chi connectivity index (χ1n) is 18.8. The fourth-order valence-electron chi connectivity index (χ4n) is 6.53. The fourth-order valence-corrected chi connectivity index (χ4v) is 6.53. The number of furan rings is 1. The first kappa shape index (κ1) is 18.7. The molecule has 0 bridgehead atoms. The molecule has 1 aromatic heterocycles. The Labute approximate surface area is 272 Å². The summed E-state index contributed by atoms with van der Waals surface area (Å²) >= 11 is 0. The SMILES string of the molecule is [2H]c1c([2H])c([2H])c2c(-c3cccc4oc5ccccc5c34)c3c([2H])c([2H])c([2H])c([2H])c3c(-c3cc(-c4ccccc4)cc(-c4ccccc4)c3)c2c1[2H]. The summed E-state index contributed by atoms with van der Waals surface area (Å²) in [7, 11) is 0. The van der Waals surface area contributed by atoms with Crippen LogP contribution in [0.4, 0.5) is 0 Å². The predicted molar refractivity (Wildman–Crippen MR) is 190 cm³/mol. The molecule has 0 aliphatic heterocycles. The largest absolute Gasteiger partial charge is 0.456 e. The Morgan fingerprint density at radius 2 is 0.867 bits per heavy atom. The van der Waals surface area contributed by atoms with E-state index in [9.17, 15) is 5.48 Å². The van der Waals surface area contributed by atoms with Gasteiger partial charge in [0.1, 0.15) is 11.2 Å².